The number of amides is 1. The predicted molar refractivity (Wildman–Crippen MR) is 90.3 cm³/mol. The second kappa shape index (κ2) is 8.33. The van der Waals surface area contributed by atoms with Crippen LogP contribution in [0.2, 0.25) is 0 Å². The quantitative estimate of drug-likeness (QED) is 0.777. The lowest BCUT2D eigenvalue weighted by Gasteiger charge is -2.10. The number of halogens is 1. The van der Waals surface area contributed by atoms with Crippen molar-refractivity contribution in [3.8, 4) is 16.9 Å². The molecule has 0 spiro atoms. The van der Waals surface area contributed by atoms with Gasteiger partial charge in [-0.05, 0) is 39.2 Å². The number of carboxylic acids is 1. The molecule has 0 heterocycles. The van der Waals surface area contributed by atoms with Gasteiger partial charge < -0.3 is 15.2 Å². The first-order valence-electron chi connectivity index (χ1n) is 7.02. The summed E-state index contributed by atoms with van der Waals surface area (Å²) in [5.74, 6) is -0.756. The maximum absolute atomic E-state index is 11.6. The standard InChI is InChI=1S/C17H16BrNO4/c18-14-10-13(12-4-2-1-3-5-12)6-7-15(14)23-11-16(20)19-9-8-17(21)22/h1-7,10H,8-9,11H2,(H,19,20)(H,21,22). The van der Waals surface area contributed by atoms with Crippen LogP contribution in [0.1, 0.15) is 6.42 Å². The van der Waals surface area contributed by atoms with Crippen molar-refractivity contribution in [2.75, 3.05) is 13.2 Å². The van der Waals surface area contributed by atoms with Gasteiger partial charge in [0.2, 0.25) is 0 Å². The number of carboxylic acid groups (broad SMARTS) is 1. The molecule has 2 aromatic carbocycles. The minimum absolute atomic E-state index is 0.0889. The topological polar surface area (TPSA) is 75.6 Å². The van der Waals surface area contributed by atoms with E-state index in [2.05, 4.69) is 21.2 Å². The molecule has 0 radical (unpaired) electrons. The Morgan fingerprint density at radius 3 is 2.48 bits per heavy atom. The zero-order valence-electron chi connectivity index (χ0n) is 12.3. The van der Waals surface area contributed by atoms with Gasteiger partial charge in [0, 0.05) is 6.54 Å². The lowest BCUT2D eigenvalue weighted by Crippen LogP contribution is -2.30. The molecule has 0 bridgehead atoms. The molecular weight excluding hydrogens is 362 g/mol. The number of nitrogens with one attached hydrogen (secondary N) is 1. The van der Waals surface area contributed by atoms with Crippen LogP contribution in [0.3, 0.4) is 0 Å². The van der Waals surface area contributed by atoms with Crippen LogP contribution < -0.4 is 10.1 Å². The van der Waals surface area contributed by atoms with Crippen LogP contribution in [0.5, 0.6) is 5.75 Å². The maximum atomic E-state index is 11.6. The van der Waals surface area contributed by atoms with Crippen LogP contribution in [0, 0.1) is 0 Å². The van der Waals surface area contributed by atoms with Crippen molar-refractivity contribution < 1.29 is 19.4 Å². The van der Waals surface area contributed by atoms with Gasteiger partial charge in [0.1, 0.15) is 5.75 Å². The van der Waals surface area contributed by atoms with E-state index in [4.69, 9.17) is 9.84 Å². The minimum Gasteiger partial charge on any atom is -0.483 e. The smallest absolute Gasteiger partial charge is 0.305 e. The lowest BCUT2D eigenvalue weighted by molar-refractivity contribution is -0.137. The summed E-state index contributed by atoms with van der Waals surface area (Å²) in [6, 6.07) is 15.5. The molecule has 0 aliphatic carbocycles. The molecule has 0 saturated carbocycles. The molecule has 0 fully saturated rings. The summed E-state index contributed by atoms with van der Waals surface area (Å²) in [7, 11) is 0. The SMILES string of the molecule is O=C(O)CCNC(=O)COc1ccc(-c2ccccc2)cc1Br. The van der Waals surface area contributed by atoms with Gasteiger partial charge in [0.05, 0.1) is 10.9 Å². The van der Waals surface area contributed by atoms with Crippen molar-refractivity contribution in [2.24, 2.45) is 0 Å². The van der Waals surface area contributed by atoms with Gasteiger partial charge in [-0.25, -0.2) is 0 Å². The zero-order chi connectivity index (χ0) is 16.7. The average Bonchev–Trinajstić information content (AvgIpc) is 2.54. The third-order valence-corrected chi connectivity index (χ3v) is 3.68. The zero-order valence-corrected chi connectivity index (χ0v) is 13.9. The minimum atomic E-state index is -0.953. The van der Waals surface area contributed by atoms with Crippen LogP contribution in [0.4, 0.5) is 0 Å². The van der Waals surface area contributed by atoms with Gasteiger partial charge in [-0.2, -0.15) is 0 Å². The number of rotatable bonds is 7. The first-order chi connectivity index (χ1) is 11.1. The van der Waals surface area contributed by atoms with Gasteiger partial charge in [-0.15, -0.1) is 0 Å². The molecule has 0 aromatic heterocycles. The summed E-state index contributed by atoms with van der Waals surface area (Å²) >= 11 is 3.43. The highest BCUT2D eigenvalue weighted by atomic mass is 79.9. The number of aliphatic carboxylic acids is 1. The summed E-state index contributed by atoms with van der Waals surface area (Å²) in [6.07, 6.45) is -0.110. The van der Waals surface area contributed by atoms with Crippen molar-refractivity contribution in [2.45, 2.75) is 6.42 Å². The molecule has 2 rings (SSSR count). The molecule has 2 N–H and O–H groups in total. The fourth-order valence-electron chi connectivity index (χ4n) is 1.93. The largest absolute Gasteiger partial charge is 0.483 e. The highest BCUT2D eigenvalue weighted by Crippen LogP contribution is 2.30. The monoisotopic (exact) mass is 377 g/mol. The third kappa shape index (κ3) is 5.41. The van der Waals surface area contributed by atoms with E-state index in [0.29, 0.717) is 5.75 Å². The Kier molecular flexibility index (Phi) is 6.17. The van der Waals surface area contributed by atoms with Crippen molar-refractivity contribution >= 4 is 27.8 Å². The Labute approximate surface area is 142 Å². The summed E-state index contributed by atoms with van der Waals surface area (Å²) < 4.78 is 6.19. The normalized spacial score (nSPS) is 10.1. The number of hydrogen-bond acceptors (Lipinski definition) is 3. The first-order valence-corrected chi connectivity index (χ1v) is 7.82. The number of ether oxygens (including phenoxy) is 1. The molecule has 120 valence electrons. The van der Waals surface area contributed by atoms with Crippen LogP contribution >= 0.6 is 15.9 Å². The second-order valence-corrected chi connectivity index (χ2v) is 5.65. The molecule has 2 aromatic rings. The fourth-order valence-corrected chi connectivity index (χ4v) is 2.42. The van der Waals surface area contributed by atoms with E-state index in [9.17, 15) is 9.59 Å². The molecule has 5 nitrogen and oxygen atoms in total. The fraction of sp³-hybridized carbons (Fsp3) is 0.176. The summed E-state index contributed by atoms with van der Waals surface area (Å²) in [4.78, 5) is 21.9. The molecule has 0 saturated heterocycles. The molecule has 0 unspecified atom stereocenters. The van der Waals surface area contributed by atoms with E-state index in [0.717, 1.165) is 15.6 Å². The molecule has 0 aliphatic rings. The Morgan fingerprint density at radius 1 is 1.09 bits per heavy atom. The Bertz CT molecular complexity index is 688. The Balaban J connectivity index is 1.91. The summed E-state index contributed by atoms with van der Waals surface area (Å²) in [5, 5.41) is 11.0. The van der Waals surface area contributed by atoms with E-state index in [-0.39, 0.29) is 25.5 Å². The third-order valence-electron chi connectivity index (χ3n) is 3.06. The van der Waals surface area contributed by atoms with Crippen LogP contribution in [-0.2, 0) is 9.59 Å². The highest BCUT2D eigenvalue weighted by Gasteiger charge is 2.08. The van der Waals surface area contributed by atoms with Crippen molar-refractivity contribution in [1.82, 2.24) is 5.32 Å². The van der Waals surface area contributed by atoms with Gasteiger partial charge in [-0.3, -0.25) is 9.59 Å². The van der Waals surface area contributed by atoms with Crippen molar-refractivity contribution in [3.05, 3.63) is 53.0 Å². The molecule has 0 atom stereocenters. The lowest BCUT2D eigenvalue weighted by atomic mass is 10.1. The first kappa shape index (κ1) is 17.0. The maximum Gasteiger partial charge on any atom is 0.305 e. The van der Waals surface area contributed by atoms with Gasteiger partial charge in [-0.1, -0.05) is 36.4 Å². The van der Waals surface area contributed by atoms with Gasteiger partial charge in [0.25, 0.3) is 5.91 Å². The number of carbonyl (C=O) groups excluding carboxylic acids is 1. The number of hydrogen-bond donors (Lipinski definition) is 2. The van der Waals surface area contributed by atoms with Crippen molar-refractivity contribution in [3.63, 3.8) is 0 Å². The van der Waals surface area contributed by atoms with E-state index in [1.165, 1.54) is 0 Å². The summed E-state index contributed by atoms with van der Waals surface area (Å²) in [5.41, 5.74) is 2.13. The molecule has 0 aliphatic heterocycles. The van der Waals surface area contributed by atoms with Crippen LogP contribution in [0.15, 0.2) is 53.0 Å². The second-order valence-electron chi connectivity index (χ2n) is 4.79. The van der Waals surface area contributed by atoms with Crippen LogP contribution in [0.25, 0.3) is 11.1 Å². The summed E-state index contributed by atoms with van der Waals surface area (Å²) in [6.45, 7) is -0.0749. The average molecular weight is 378 g/mol. The van der Waals surface area contributed by atoms with Gasteiger partial charge >= 0.3 is 5.97 Å². The number of carbonyl (C=O) groups is 2. The predicted octanol–water partition coefficient (Wildman–Crippen LogP) is 3.09. The molecule has 6 heteroatoms. The number of benzene rings is 2. The van der Waals surface area contributed by atoms with Crippen LogP contribution in [-0.4, -0.2) is 30.1 Å². The van der Waals surface area contributed by atoms with E-state index < -0.39 is 5.97 Å². The molecule has 1 amide bonds. The van der Waals surface area contributed by atoms with E-state index in [1.54, 1.807) is 6.07 Å². The van der Waals surface area contributed by atoms with Gasteiger partial charge in [0.15, 0.2) is 6.61 Å². The molecular formula is C17H16BrNO4. The Hall–Kier alpha value is -2.34. The van der Waals surface area contributed by atoms with E-state index >= 15 is 0 Å². The van der Waals surface area contributed by atoms with Crippen molar-refractivity contribution in [1.29, 1.82) is 0 Å². The Morgan fingerprint density at radius 2 is 1.83 bits per heavy atom. The van der Waals surface area contributed by atoms with E-state index in [1.807, 2.05) is 42.5 Å². The molecule has 23 heavy (non-hydrogen) atoms. The highest BCUT2D eigenvalue weighted by molar-refractivity contribution is 9.10.